The van der Waals surface area contributed by atoms with Crippen LogP contribution < -0.4 is 15.4 Å². The van der Waals surface area contributed by atoms with Crippen LogP contribution in [0.2, 0.25) is 0 Å². The van der Waals surface area contributed by atoms with E-state index in [4.69, 9.17) is 14.6 Å². The van der Waals surface area contributed by atoms with E-state index in [0.717, 1.165) is 18.4 Å². The van der Waals surface area contributed by atoms with Crippen molar-refractivity contribution in [3.05, 3.63) is 60.2 Å². The number of nitrogens with one attached hydrogen (secondary N) is 2. The number of halogens is 1. The SMILES string of the molecule is COc1ccc(NC(=O)C2N(CCCCCCO)C(=O)[C@@H]3[C@@H](C(=O)NCc4ccccc4)[C@@H]4OC23CC4Br)cc1. The molecular weight excluding hydrogens is 578 g/mol. The fourth-order valence-electron chi connectivity index (χ4n) is 6.51. The first-order valence-corrected chi connectivity index (χ1v) is 14.8. The topological polar surface area (TPSA) is 117 Å². The predicted octanol–water partition coefficient (Wildman–Crippen LogP) is 3.25. The highest BCUT2D eigenvalue weighted by atomic mass is 79.9. The van der Waals surface area contributed by atoms with Crippen molar-refractivity contribution in [3.63, 3.8) is 0 Å². The van der Waals surface area contributed by atoms with Crippen LogP contribution in [-0.2, 0) is 25.7 Å². The second kappa shape index (κ2) is 12.3. The zero-order valence-electron chi connectivity index (χ0n) is 22.6. The Labute approximate surface area is 242 Å². The van der Waals surface area contributed by atoms with Crippen molar-refractivity contribution in [1.82, 2.24) is 10.2 Å². The molecule has 0 saturated carbocycles. The summed E-state index contributed by atoms with van der Waals surface area (Å²) >= 11 is 3.71. The lowest BCUT2D eigenvalue weighted by Gasteiger charge is -2.34. The molecule has 3 aliphatic rings. The lowest BCUT2D eigenvalue weighted by Crippen LogP contribution is -2.54. The standard InChI is InChI=1S/C30H36BrN3O6/c1-39-21-13-11-20(12-14-21)33-28(37)26-30-17-22(31)25(40-30)23(27(36)32-18-19-9-5-4-6-10-19)24(30)29(38)34(26)15-7-2-3-8-16-35/h4-6,9-14,22-26,35H,2-3,7-8,15-18H2,1H3,(H,32,36)(H,33,37)/t22?,23-,24+,25-,26?,30?/m1/s1. The summed E-state index contributed by atoms with van der Waals surface area (Å²) in [7, 11) is 1.58. The summed E-state index contributed by atoms with van der Waals surface area (Å²) in [5.74, 6) is -1.56. The second-order valence-electron chi connectivity index (χ2n) is 10.8. The van der Waals surface area contributed by atoms with Crippen LogP contribution in [0.3, 0.4) is 0 Å². The summed E-state index contributed by atoms with van der Waals surface area (Å²) in [6.07, 6.45) is 2.99. The molecule has 0 radical (unpaired) electrons. The number of ether oxygens (including phenoxy) is 2. The van der Waals surface area contributed by atoms with Crippen LogP contribution in [0.4, 0.5) is 5.69 Å². The lowest BCUT2D eigenvalue weighted by atomic mass is 9.70. The van der Waals surface area contributed by atoms with Gasteiger partial charge in [0.05, 0.1) is 25.0 Å². The Balaban J connectivity index is 1.40. The van der Waals surface area contributed by atoms with Gasteiger partial charge in [-0.15, -0.1) is 0 Å². The van der Waals surface area contributed by atoms with Crippen molar-refractivity contribution >= 4 is 39.3 Å². The number of unbranched alkanes of at least 4 members (excludes halogenated alkanes) is 3. The molecule has 3 amide bonds. The Morgan fingerprint density at radius 1 is 1.07 bits per heavy atom. The Hall–Kier alpha value is -2.95. The molecule has 3 saturated heterocycles. The normalized spacial score (nSPS) is 28.4. The fraction of sp³-hybridized carbons (Fsp3) is 0.500. The number of nitrogens with zero attached hydrogens (tertiary/aromatic N) is 1. The van der Waals surface area contributed by atoms with Gasteiger partial charge in [0.2, 0.25) is 17.7 Å². The van der Waals surface area contributed by atoms with E-state index in [1.54, 1.807) is 36.3 Å². The summed E-state index contributed by atoms with van der Waals surface area (Å²) in [6, 6.07) is 15.8. The van der Waals surface area contributed by atoms with Gasteiger partial charge in [-0.25, -0.2) is 0 Å². The van der Waals surface area contributed by atoms with Crippen molar-refractivity contribution < 1.29 is 29.0 Å². The van der Waals surface area contributed by atoms with Crippen LogP contribution in [0.25, 0.3) is 0 Å². The summed E-state index contributed by atoms with van der Waals surface area (Å²) in [6.45, 7) is 0.852. The van der Waals surface area contributed by atoms with E-state index in [-0.39, 0.29) is 29.2 Å². The number of aliphatic hydroxyl groups is 1. The number of benzene rings is 2. The Kier molecular flexibility index (Phi) is 8.77. The van der Waals surface area contributed by atoms with Crippen molar-refractivity contribution in [2.45, 2.75) is 61.2 Å². The van der Waals surface area contributed by atoms with Crippen molar-refractivity contribution in [1.29, 1.82) is 0 Å². The van der Waals surface area contributed by atoms with E-state index < -0.39 is 29.6 Å². The quantitative estimate of drug-likeness (QED) is 0.250. The van der Waals surface area contributed by atoms with Gasteiger partial charge in [0.25, 0.3) is 0 Å². The number of fused-ring (bicyclic) bond motifs is 1. The molecule has 1 spiro atoms. The van der Waals surface area contributed by atoms with Gasteiger partial charge in [-0.3, -0.25) is 14.4 Å². The maximum atomic E-state index is 14.1. The number of carbonyl (C=O) groups excluding carboxylic acids is 3. The first-order chi connectivity index (χ1) is 19.4. The third-order valence-electron chi connectivity index (χ3n) is 8.31. The number of hydrogen-bond acceptors (Lipinski definition) is 6. The highest BCUT2D eigenvalue weighted by Gasteiger charge is 2.76. The third kappa shape index (κ3) is 5.36. The average molecular weight is 615 g/mol. The maximum Gasteiger partial charge on any atom is 0.250 e. The molecule has 10 heteroatoms. The van der Waals surface area contributed by atoms with Crippen LogP contribution in [0.5, 0.6) is 5.75 Å². The number of amides is 3. The molecule has 2 bridgehead atoms. The third-order valence-corrected chi connectivity index (χ3v) is 9.16. The van der Waals surface area contributed by atoms with Crippen LogP contribution in [0, 0.1) is 11.8 Å². The molecule has 0 aromatic heterocycles. The van der Waals surface area contributed by atoms with Crippen LogP contribution in [0.1, 0.15) is 37.7 Å². The maximum absolute atomic E-state index is 14.1. The molecular formula is C30H36BrN3O6. The number of anilines is 1. The lowest BCUT2D eigenvalue weighted by molar-refractivity contribution is -0.140. The molecule has 2 aromatic rings. The van der Waals surface area contributed by atoms with Crippen LogP contribution >= 0.6 is 15.9 Å². The minimum atomic E-state index is -1.10. The summed E-state index contributed by atoms with van der Waals surface area (Å²) in [5, 5.41) is 15.1. The summed E-state index contributed by atoms with van der Waals surface area (Å²) in [5.41, 5.74) is 0.442. The van der Waals surface area contributed by atoms with Gasteiger partial charge in [0.15, 0.2) is 0 Å². The van der Waals surface area contributed by atoms with E-state index in [0.29, 0.717) is 43.8 Å². The van der Waals surface area contributed by atoms with Gasteiger partial charge in [-0.2, -0.15) is 0 Å². The minimum Gasteiger partial charge on any atom is -0.497 e. The first kappa shape index (κ1) is 28.6. The molecule has 2 aromatic carbocycles. The van der Waals surface area contributed by atoms with Gasteiger partial charge in [-0.05, 0) is 49.1 Å². The molecule has 3 aliphatic heterocycles. The number of methoxy groups -OCH3 is 1. The number of alkyl halides is 1. The Morgan fingerprint density at radius 2 is 1.80 bits per heavy atom. The molecule has 3 heterocycles. The number of carbonyl (C=O) groups is 3. The molecule has 6 atom stereocenters. The summed E-state index contributed by atoms with van der Waals surface area (Å²) < 4.78 is 11.8. The van der Waals surface area contributed by atoms with E-state index in [1.165, 1.54) is 0 Å². The van der Waals surface area contributed by atoms with Gasteiger partial charge in [0.1, 0.15) is 17.4 Å². The molecule has 3 fully saturated rings. The van der Waals surface area contributed by atoms with E-state index in [1.807, 2.05) is 30.3 Å². The Bertz CT molecular complexity index is 1210. The predicted molar refractivity (Wildman–Crippen MR) is 153 cm³/mol. The number of hydrogen-bond donors (Lipinski definition) is 3. The van der Waals surface area contributed by atoms with E-state index in [2.05, 4.69) is 26.6 Å². The zero-order valence-corrected chi connectivity index (χ0v) is 24.1. The largest absolute Gasteiger partial charge is 0.497 e. The molecule has 40 heavy (non-hydrogen) atoms. The monoisotopic (exact) mass is 613 g/mol. The summed E-state index contributed by atoms with van der Waals surface area (Å²) in [4.78, 5) is 43.0. The second-order valence-corrected chi connectivity index (χ2v) is 11.9. The van der Waals surface area contributed by atoms with Crippen LogP contribution in [-0.4, -0.2) is 70.6 Å². The molecule has 5 rings (SSSR count). The van der Waals surface area contributed by atoms with Crippen molar-refractivity contribution in [2.24, 2.45) is 11.8 Å². The van der Waals surface area contributed by atoms with Crippen molar-refractivity contribution in [2.75, 3.05) is 25.6 Å². The number of aliphatic hydroxyl groups excluding tert-OH is 1. The molecule has 3 unspecified atom stereocenters. The highest BCUT2D eigenvalue weighted by Crippen LogP contribution is 2.60. The first-order valence-electron chi connectivity index (χ1n) is 13.9. The number of likely N-dealkylation sites (tertiary alicyclic amines) is 1. The van der Waals surface area contributed by atoms with Gasteiger partial charge in [0, 0.05) is 30.2 Å². The molecule has 9 nitrogen and oxygen atoms in total. The van der Waals surface area contributed by atoms with Gasteiger partial charge in [-0.1, -0.05) is 59.1 Å². The average Bonchev–Trinajstić information content (AvgIpc) is 3.55. The number of rotatable bonds is 12. The fourth-order valence-corrected chi connectivity index (χ4v) is 7.45. The van der Waals surface area contributed by atoms with E-state index >= 15 is 0 Å². The molecule has 3 N–H and O–H groups in total. The van der Waals surface area contributed by atoms with Gasteiger partial charge < -0.3 is 30.1 Å². The van der Waals surface area contributed by atoms with Crippen LogP contribution in [0.15, 0.2) is 54.6 Å². The zero-order chi connectivity index (χ0) is 28.3. The van der Waals surface area contributed by atoms with E-state index in [9.17, 15) is 14.4 Å². The van der Waals surface area contributed by atoms with Gasteiger partial charge >= 0.3 is 0 Å². The molecule has 214 valence electrons. The molecule has 0 aliphatic carbocycles. The van der Waals surface area contributed by atoms with Crippen molar-refractivity contribution in [3.8, 4) is 5.75 Å². The highest BCUT2D eigenvalue weighted by molar-refractivity contribution is 9.09. The Morgan fingerprint density at radius 3 is 2.50 bits per heavy atom. The smallest absolute Gasteiger partial charge is 0.250 e. The minimum absolute atomic E-state index is 0.127.